The lowest BCUT2D eigenvalue weighted by atomic mass is 10.1. The van der Waals surface area contributed by atoms with E-state index in [0.717, 1.165) is 10.0 Å². The molecule has 0 saturated carbocycles. The molecule has 1 N–H and O–H groups in total. The summed E-state index contributed by atoms with van der Waals surface area (Å²) in [5.74, 6) is -0.431. The fraction of sp³-hybridized carbons (Fsp3) is 0.222. The minimum absolute atomic E-state index is 0.0751. The number of benzene rings is 2. The van der Waals surface area contributed by atoms with Crippen LogP contribution in [0.4, 0.5) is 0 Å². The van der Waals surface area contributed by atoms with Crippen LogP contribution in [0.1, 0.15) is 21.5 Å². The van der Waals surface area contributed by atoms with E-state index in [9.17, 15) is 13.2 Å². The highest BCUT2D eigenvalue weighted by atomic mass is 32.2. The minimum Gasteiger partial charge on any atom is -0.267 e. The molecule has 0 fully saturated rings. The van der Waals surface area contributed by atoms with Gasteiger partial charge in [0.05, 0.1) is 4.90 Å². The Hall–Kier alpha value is -2.51. The van der Waals surface area contributed by atoms with Gasteiger partial charge in [0, 0.05) is 38.2 Å². The maximum Gasteiger partial charge on any atom is 0.271 e. The van der Waals surface area contributed by atoms with Crippen molar-refractivity contribution < 1.29 is 13.2 Å². The van der Waals surface area contributed by atoms with Crippen LogP contribution in [0.3, 0.4) is 0 Å². The molecule has 0 spiro atoms. The number of nitrogens with one attached hydrogen (secondary N) is 1. The number of fused-ring (bicyclic) bond motifs is 1. The van der Waals surface area contributed by atoms with Crippen molar-refractivity contribution in [2.45, 2.75) is 17.7 Å². The molecule has 0 aromatic heterocycles. The van der Waals surface area contributed by atoms with E-state index in [-0.39, 0.29) is 10.5 Å². The molecule has 0 atom stereocenters. The van der Waals surface area contributed by atoms with Crippen molar-refractivity contribution in [3.8, 4) is 0 Å². The standard InChI is InChI=1S/C18H19N3O3S/c1-21(2)25(23,24)17-9-5-8-15(12-17)18(22)20-19-16-10-13-6-3-4-7-14(13)11-16/h3-9,12H,10-11H2,1-2H3,(H,20,22). The summed E-state index contributed by atoms with van der Waals surface area (Å²) < 4.78 is 25.4. The zero-order valence-corrected chi connectivity index (χ0v) is 14.9. The van der Waals surface area contributed by atoms with Crippen LogP contribution >= 0.6 is 0 Å². The highest BCUT2D eigenvalue weighted by Gasteiger charge is 2.19. The summed E-state index contributed by atoms with van der Waals surface area (Å²) in [5, 5.41) is 4.20. The van der Waals surface area contributed by atoms with Crippen molar-refractivity contribution in [1.82, 2.24) is 9.73 Å². The summed E-state index contributed by atoms with van der Waals surface area (Å²) in [7, 11) is -0.682. The van der Waals surface area contributed by atoms with Gasteiger partial charge in [-0.3, -0.25) is 4.79 Å². The quantitative estimate of drug-likeness (QED) is 0.848. The van der Waals surface area contributed by atoms with E-state index in [1.165, 1.54) is 37.4 Å². The van der Waals surface area contributed by atoms with Gasteiger partial charge in [0.2, 0.25) is 10.0 Å². The topological polar surface area (TPSA) is 78.8 Å². The number of hydrogen-bond donors (Lipinski definition) is 1. The molecule has 0 radical (unpaired) electrons. The molecular formula is C18H19N3O3S. The number of nitrogens with zero attached hydrogens (tertiary/aromatic N) is 2. The number of carbonyl (C=O) groups is 1. The zero-order chi connectivity index (χ0) is 18.0. The molecule has 25 heavy (non-hydrogen) atoms. The lowest BCUT2D eigenvalue weighted by molar-refractivity contribution is 0.0954. The first-order valence-corrected chi connectivity index (χ1v) is 9.27. The van der Waals surface area contributed by atoms with Crippen LogP contribution in [0, 0.1) is 0 Å². The first-order valence-electron chi connectivity index (χ1n) is 7.83. The Morgan fingerprint density at radius 1 is 1.04 bits per heavy atom. The molecule has 2 aromatic rings. The van der Waals surface area contributed by atoms with Gasteiger partial charge in [-0.2, -0.15) is 5.10 Å². The molecule has 7 heteroatoms. The molecule has 1 aliphatic carbocycles. The first kappa shape index (κ1) is 17.3. The van der Waals surface area contributed by atoms with Crippen molar-refractivity contribution in [3.63, 3.8) is 0 Å². The second-order valence-electron chi connectivity index (χ2n) is 6.06. The van der Waals surface area contributed by atoms with Gasteiger partial charge in [0.15, 0.2) is 0 Å². The second-order valence-corrected chi connectivity index (χ2v) is 8.21. The zero-order valence-electron chi connectivity index (χ0n) is 14.1. The Morgan fingerprint density at radius 3 is 2.28 bits per heavy atom. The maximum absolute atomic E-state index is 12.3. The summed E-state index contributed by atoms with van der Waals surface area (Å²) in [6.45, 7) is 0. The first-order chi connectivity index (χ1) is 11.9. The number of amides is 1. The summed E-state index contributed by atoms with van der Waals surface area (Å²) >= 11 is 0. The Kier molecular flexibility index (Phi) is 4.69. The van der Waals surface area contributed by atoms with E-state index in [2.05, 4.69) is 22.7 Å². The van der Waals surface area contributed by atoms with Gasteiger partial charge in [-0.25, -0.2) is 18.1 Å². The van der Waals surface area contributed by atoms with Gasteiger partial charge in [-0.1, -0.05) is 30.3 Å². The number of sulfonamides is 1. The van der Waals surface area contributed by atoms with Crippen molar-refractivity contribution in [2.75, 3.05) is 14.1 Å². The Bertz CT molecular complexity index is 923. The third kappa shape index (κ3) is 3.62. The molecule has 0 unspecified atom stereocenters. The van der Waals surface area contributed by atoms with Crippen molar-refractivity contribution >= 4 is 21.6 Å². The van der Waals surface area contributed by atoms with Crippen molar-refractivity contribution in [2.24, 2.45) is 5.10 Å². The van der Waals surface area contributed by atoms with Crippen LogP contribution in [0.5, 0.6) is 0 Å². The average Bonchev–Trinajstić information content (AvgIpc) is 3.02. The van der Waals surface area contributed by atoms with E-state index >= 15 is 0 Å². The van der Waals surface area contributed by atoms with Gasteiger partial charge >= 0.3 is 0 Å². The van der Waals surface area contributed by atoms with Crippen LogP contribution in [-0.2, 0) is 22.9 Å². The Morgan fingerprint density at radius 2 is 1.68 bits per heavy atom. The van der Waals surface area contributed by atoms with E-state index in [1.807, 2.05) is 12.1 Å². The molecular weight excluding hydrogens is 338 g/mol. The molecule has 6 nitrogen and oxygen atoms in total. The molecule has 2 aromatic carbocycles. The van der Waals surface area contributed by atoms with E-state index < -0.39 is 15.9 Å². The number of hydrogen-bond acceptors (Lipinski definition) is 4. The Balaban J connectivity index is 1.74. The predicted octanol–water partition coefficient (Wildman–Crippen LogP) is 1.82. The van der Waals surface area contributed by atoms with Gasteiger partial charge in [-0.05, 0) is 29.3 Å². The summed E-state index contributed by atoms with van der Waals surface area (Å²) in [6, 6.07) is 14.0. The number of carbonyl (C=O) groups excluding carboxylic acids is 1. The van der Waals surface area contributed by atoms with Crippen LogP contribution in [0.15, 0.2) is 58.5 Å². The van der Waals surface area contributed by atoms with Crippen LogP contribution < -0.4 is 5.43 Å². The normalized spacial score (nSPS) is 13.6. The molecule has 3 rings (SSSR count). The fourth-order valence-corrected chi connectivity index (χ4v) is 3.63. The summed E-state index contributed by atoms with van der Waals surface area (Å²) in [5.41, 5.74) is 6.09. The van der Waals surface area contributed by atoms with Gasteiger partial charge < -0.3 is 0 Å². The number of hydrazone groups is 1. The molecule has 0 aliphatic heterocycles. The predicted molar refractivity (Wildman–Crippen MR) is 96.1 cm³/mol. The van der Waals surface area contributed by atoms with Crippen molar-refractivity contribution in [1.29, 1.82) is 0 Å². The van der Waals surface area contributed by atoms with Crippen LogP contribution in [-0.4, -0.2) is 38.4 Å². The average molecular weight is 357 g/mol. The van der Waals surface area contributed by atoms with Crippen LogP contribution in [0.25, 0.3) is 0 Å². The minimum atomic E-state index is -3.58. The Labute approximate surface area is 147 Å². The van der Waals surface area contributed by atoms with Crippen molar-refractivity contribution in [3.05, 3.63) is 65.2 Å². The smallest absolute Gasteiger partial charge is 0.267 e. The molecule has 130 valence electrons. The van der Waals surface area contributed by atoms with E-state index in [1.54, 1.807) is 12.1 Å². The molecule has 1 aliphatic rings. The van der Waals surface area contributed by atoms with Gasteiger partial charge in [-0.15, -0.1) is 0 Å². The lowest BCUT2D eigenvalue weighted by Crippen LogP contribution is -2.23. The fourth-order valence-electron chi connectivity index (χ4n) is 2.69. The third-order valence-corrected chi connectivity index (χ3v) is 5.91. The summed E-state index contributed by atoms with van der Waals surface area (Å²) in [4.78, 5) is 12.4. The molecule has 0 saturated heterocycles. The highest BCUT2D eigenvalue weighted by molar-refractivity contribution is 7.89. The molecule has 1 amide bonds. The van der Waals surface area contributed by atoms with Gasteiger partial charge in [0.1, 0.15) is 0 Å². The van der Waals surface area contributed by atoms with Gasteiger partial charge in [0.25, 0.3) is 5.91 Å². The largest absolute Gasteiger partial charge is 0.271 e. The molecule has 0 bridgehead atoms. The SMILES string of the molecule is CN(C)S(=O)(=O)c1cccc(C(=O)NN=C2Cc3ccccc3C2)c1. The molecule has 0 heterocycles. The second kappa shape index (κ2) is 6.78. The van der Waals surface area contributed by atoms with E-state index in [4.69, 9.17) is 0 Å². The monoisotopic (exact) mass is 357 g/mol. The lowest BCUT2D eigenvalue weighted by Gasteiger charge is -2.11. The maximum atomic E-state index is 12.3. The number of rotatable bonds is 4. The van der Waals surface area contributed by atoms with Crippen LogP contribution in [0.2, 0.25) is 0 Å². The summed E-state index contributed by atoms with van der Waals surface area (Å²) in [6.07, 6.45) is 1.43. The third-order valence-electron chi connectivity index (χ3n) is 4.10. The van der Waals surface area contributed by atoms with E-state index in [0.29, 0.717) is 12.8 Å². The highest BCUT2D eigenvalue weighted by Crippen LogP contribution is 2.19.